The lowest BCUT2D eigenvalue weighted by molar-refractivity contribution is 1.13. The number of allylic oxidation sites excluding steroid dienone is 1. The van der Waals surface area contributed by atoms with Gasteiger partial charge in [-0.25, -0.2) is 4.98 Å². The van der Waals surface area contributed by atoms with E-state index in [0.717, 1.165) is 4.88 Å². The Bertz CT molecular complexity index is 885. The average Bonchev–Trinajstić information content (AvgIpc) is 2.97. The monoisotopic (exact) mass is 279 g/mol. The minimum atomic E-state index is -0.238. The highest BCUT2D eigenvalue weighted by Gasteiger charge is 2.08. The van der Waals surface area contributed by atoms with Gasteiger partial charge in [0.1, 0.15) is 6.07 Å². The molecule has 0 unspecified atom stereocenters. The van der Waals surface area contributed by atoms with Gasteiger partial charge in [0.05, 0.1) is 16.5 Å². The molecule has 96 valence electrons. The zero-order valence-electron chi connectivity index (χ0n) is 10.3. The molecule has 20 heavy (non-hydrogen) atoms. The number of thiophene rings is 1. The van der Waals surface area contributed by atoms with E-state index in [1.54, 1.807) is 24.3 Å². The Morgan fingerprint density at radius 1 is 1.30 bits per heavy atom. The van der Waals surface area contributed by atoms with Crippen molar-refractivity contribution < 1.29 is 0 Å². The van der Waals surface area contributed by atoms with Crippen LogP contribution >= 0.6 is 11.3 Å². The zero-order valence-corrected chi connectivity index (χ0v) is 11.1. The molecule has 2 heterocycles. The Balaban J connectivity index is 2.19. The maximum atomic E-state index is 12.0. The van der Waals surface area contributed by atoms with Crippen LogP contribution in [0.1, 0.15) is 10.7 Å². The highest BCUT2D eigenvalue weighted by atomic mass is 32.1. The summed E-state index contributed by atoms with van der Waals surface area (Å²) in [6.45, 7) is 0. The van der Waals surface area contributed by atoms with Crippen molar-refractivity contribution in [3.05, 3.63) is 62.8 Å². The van der Waals surface area contributed by atoms with Gasteiger partial charge in [0.25, 0.3) is 5.56 Å². The number of hydrogen-bond acceptors (Lipinski definition) is 4. The van der Waals surface area contributed by atoms with E-state index in [1.165, 1.54) is 11.3 Å². The number of nitrogens with one attached hydrogen (secondary N) is 1. The van der Waals surface area contributed by atoms with Crippen LogP contribution in [0.15, 0.2) is 46.6 Å². The van der Waals surface area contributed by atoms with Gasteiger partial charge in [-0.3, -0.25) is 4.79 Å². The van der Waals surface area contributed by atoms with Gasteiger partial charge in [-0.05, 0) is 29.7 Å². The predicted molar refractivity (Wildman–Crippen MR) is 80.2 cm³/mol. The summed E-state index contributed by atoms with van der Waals surface area (Å²) in [6.07, 6.45) is 1.72. The SMILES string of the molecule is N#C/C(=C\c1cccs1)c1nc2ccccc2c(=O)[nH]1. The van der Waals surface area contributed by atoms with Crippen molar-refractivity contribution in [1.82, 2.24) is 9.97 Å². The molecule has 0 fully saturated rings. The lowest BCUT2D eigenvalue weighted by Crippen LogP contribution is -2.11. The van der Waals surface area contributed by atoms with Gasteiger partial charge in [0, 0.05) is 4.88 Å². The molecule has 0 saturated heterocycles. The Kier molecular flexibility index (Phi) is 3.15. The van der Waals surface area contributed by atoms with Gasteiger partial charge in [0.15, 0.2) is 5.82 Å². The van der Waals surface area contributed by atoms with Crippen LogP contribution in [-0.2, 0) is 0 Å². The van der Waals surface area contributed by atoms with Gasteiger partial charge in [-0.1, -0.05) is 18.2 Å². The Morgan fingerprint density at radius 3 is 2.90 bits per heavy atom. The number of aromatic amines is 1. The maximum absolute atomic E-state index is 12.0. The molecule has 4 nitrogen and oxygen atoms in total. The van der Waals surface area contributed by atoms with Crippen molar-refractivity contribution in [1.29, 1.82) is 5.26 Å². The number of hydrogen-bond donors (Lipinski definition) is 1. The fourth-order valence-electron chi connectivity index (χ4n) is 1.88. The highest BCUT2D eigenvalue weighted by molar-refractivity contribution is 7.10. The second kappa shape index (κ2) is 5.11. The van der Waals surface area contributed by atoms with Crippen molar-refractivity contribution in [3.63, 3.8) is 0 Å². The summed E-state index contributed by atoms with van der Waals surface area (Å²) in [4.78, 5) is 19.9. The van der Waals surface area contributed by atoms with E-state index in [2.05, 4.69) is 16.0 Å². The van der Waals surface area contributed by atoms with Crippen LogP contribution in [0.4, 0.5) is 0 Å². The minimum absolute atomic E-state index is 0.238. The third kappa shape index (κ3) is 2.25. The van der Waals surface area contributed by atoms with Crippen molar-refractivity contribution in [3.8, 4) is 6.07 Å². The van der Waals surface area contributed by atoms with E-state index in [4.69, 9.17) is 0 Å². The van der Waals surface area contributed by atoms with Gasteiger partial charge in [0.2, 0.25) is 0 Å². The number of fused-ring (bicyclic) bond motifs is 1. The topological polar surface area (TPSA) is 69.5 Å². The predicted octanol–water partition coefficient (Wildman–Crippen LogP) is 3.05. The second-order valence-electron chi connectivity index (χ2n) is 4.12. The molecule has 5 heteroatoms. The normalized spacial score (nSPS) is 11.4. The first kappa shape index (κ1) is 12.3. The summed E-state index contributed by atoms with van der Waals surface area (Å²) in [5.41, 5.74) is 0.687. The van der Waals surface area contributed by atoms with Crippen molar-refractivity contribution >= 4 is 33.9 Å². The number of benzene rings is 1. The summed E-state index contributed by atoms with van der Waals surface area (Å²) in [6, 6.07) is 13.0. The van der Waals surface area contributed by atoms with Gasteiger partial charge < -0.3 is 4.98 Å². The number of nitrogens with zero attached hydrogens (tertiary/aromatic N) is 2. The Labute approximate surface area is 118 Å². The second-order valence-corrected chi connectivity index (χ2v) is 5.10. The van der Waals surface area contributed by atoms with Gasteiger partial charge in [-0.2, -0.15) is 5.26 Å². The van der Waals surface area contributed by atoms with Crippen LogP contribution in [0.3, 0.4) is 0 Å². The molecule has 0 bridgehead atoms. The molecule has 0 atom stereocenters. The fourth-order valence-corrected chi connectivity index (χ4v) is 2.54. The first-order chi connectivity index (χ1) is 9.78. The molecule has 0 aliphatic heterocycles. The Hall–Kier alpha value is -2.71. The standard InChI is InChI=1S/C15H9N3OS/c16-9-10(8-11-4-3-7-20-11)14-17-13-6-2-1-5-12(13)15(19)18-14/h1-8H,(H,17,18,19)/b10-8+. The van der Waals surface area contributed by atoms with Crippen LogP contribution in [-0.4, -0.2) is 9.97 Å². The molecular weight excluding hydrogens is 270 g/mol. The number of rotatable bonds is 2. The summed E-state index contributed by atoms with van der Waals surface area (Å²) >= 11 is 1.52. The van der Waals surface area contributed by atoms with E-state index in [0.29, 0.717) is 22.3 Å². The first-order valence-electron chi connectivity index (χ1n) is 5.92. The molecule has 0 aliphatic rings. The first-order valence-corrected chi connectivity index (χ1v) is 6.80. The largest absolute Gasteiger partial charge is 0.305 e. The molecule has 0 aliphatic carbocycles. The molecule has 1 aromatic carbocycles. The van der Waals surface area contributed by atoms with Gasteiger partial charge >= 0.3 is 0 Å². The number of H-pyrrole nitrogens is 1. The molecule has 2 aromatic heterocycles. The summed E-state index contributed by atoms with van der Waals surface area (Å²) in [5, 5.41) is 11.7. The smallest absolute Gasteiger partial charge is 0.259 e. The summed E-state index contributed by atoms with van der Waals surface area (Å²) in [5.74, 6) is 0.296. The van der Waals surface area contributed by atoms with Crippen LogP contribution in [0, 0.1) is 11.3 Å². The molecule has 0 spiro atoms. The van der Waals surface area contributed by atoms with E-state index in [-0.39, 0.29) is 5.56 Å². The van der Waals surface area contributed by atoms with Crippen molar-refractivity contribution in [2.75, 3.05) is 0 Å². The van der Waals surface area contributed by atoms with Crippen LogP contribution in [0.25, 0.3) is 22.6 Å². The molecule has 3 aromatic rings. The van der Waals surface area contributed by atoms with Crippen molar-refractivity contribution in [2.45, 2.75) is 0 Å². The van der Waals surface area contributed by atoms with E-state index in [9.17, 15) is 10.1 Å². The molecular formula is C15H9N3OS. The lowest BCUT2D eigenvalue weighted by atomic mass is 10.2. The lowest BCUT2D eigenvalue weighted by Gasteiger charge is -2.01. The highest BCUT2D eigenvalue weighted by Crippen LogP contribution is 2.18. The zero-order chi connectivity index (χ0) is 13.9. The van der Waals surface area contributed by atoms with E-state index >= 15 is 0 Å². The number of nitriles is 1. The Morgan fingerprint density at radius 2 is 2.15 bits per heavy atom. The molecule has 3 rings (SSSR count). The minimum Gasteiger partial charge on any atom is -0.305 e. The summed E-state index contributed by atoms with van der Waals surface area (Å²) < 4.78 is 0. The number of aromatic nitrogens is 2. The maximum Gasteiger partial charge on any atom is 0.259 e. The van der Waals surface area contributed by atoms with E-state index < -0.39 is 0 Å². The molecule has 0 amide bonds. The fraction of sp³-hybridized carbons (Fsp3) is 0. The van der Waals surface area contributed by atoms with Crippen LogP contribution in [0.2, 0.25) is 0 Å². The quantitative estimate of drug-likeness (QED) is 0.733. The molecule has 0 saturated carbocycles. The number of para-hydroxylation sites is 1. The van der Waals surface area contributed by atoms with Crippen LogP contribution in [0.5, 0.6) is 0 Å². The van der Waals surface area contributed by atoms with Crippen LogP contribution < -0.4 is 5.56 Å². The van der Waals surface area contributed by atoms with E-state index in [1.807, 2.05) is 23.6 Å². The third-order valence-corrected chi connectivity index (χ3v) is 3.64. The van der Waals surface area contributed by atoms with Crippen molar-refractivity contribution in [2.24, 2.45) is 0 Å². The molecule has 1 N–H and O–H groups in total. The third-order valence-electron chi connectivity index (χ3n) is 2.82. The summed E-state index contributed by atoms with van der Waals surface area (Å²) in [7, 11) is 0. The average molecular weight is 279 g/mol. The van der Waals surface area contributed by atoms with Gasteiger partial charge in [-0.15, -0.1) is 11.3 Å². The molecule has 0 radical (unpaired) electrons.